The summed E-state index contributed by atoms with van der Waals surface area (Å²) in [6.07, 6.45) is 5.17. The zero-order valence-electron chi connectivity index (χ0n) is 9.48. The summed E-state index contributed by atoms with van der Waals surface area (Å²) in [6, 6.07) is 8.93. The van der Waals surface area contributed by atoms with Crippen molar-refractivity contribution in [2.45, 2.75) is 38.1 Å². The average Bonchev–Trinajstić information content (AvgIpc) is 2.49. The van der Waals surface area contributed by atoms with Gasteiger partial charge in [0.2, 0.25) is 5.91 Å². The van der Waals surface area contributed by atoms with Crippen LogP contribution in [0.3, 0.4) is 0 Å². The lowest BCUT2D eigenvalue weighted by molar-refractivity contribution is -0.134. The molecule has 1 saturated heterocycles. The third kappa shape index (κ3) is 1.53. The van der Waals surface area contributed by atoms with Crippen LogP contribution in [0.5, 0.6) is 0 Å². The van der Waals surface area contributed by atoms with Gasteiger partial charge in [-0.25, -0.2) is 0 Å². The number of rotatable bonds is 0. The highest BCUT2D eigenvalue weighted by molar-refractivity contribution is 5.78. The molecule has 2 aliphatic rings. The summed E-state index contributed by atoms with van der Waals surface area (Å²) in [5.74, 6) is 0.348. The Morgan fingerprint density at radius 2 is 2.00 bits per heavy atom. The van der Waals surface area contributed by atoms with Crippen LogP contribution in [-0.2, 0) is 11.2 Å². The maximum Gasteiger partial charge on any atom is 0.223 e. The molecule has 0 spiro atoms. The smallest absolute Gasteiger partial charge is 0.223 e. The van der Waals surface area contributed by atoms with Gasteiger partial charge < -0.3 is 4.90 Å². The Hall–Kier alpha value is -1.31. The van der Waals surface area contributed by atoms with E-state index in [0.29, 0.717) is 18.4 Å². The van der Waals surface area contributed by atoms with Gasteiger partial charge in [0.15, 0.2) is 0 Å². The molecule has 0 N–H and O–H groups in total. The Kier molecular flexibility index (Phi) is 2.43. The van der Waals surface area contributed by atoms with Crippen molar-refractivity contribution in [3.05, 3.63) is 35.4 Å². The second-order valence-corrected chi connectivity index (χ2v) is 4.80. The predicted octanol–water partition coefficient (Wildman–Crippen LogP) is 2.69. The Morgan fingerprint density at radius 1 is 1.12 bits per heavy atom. The van der Waals surface area contributed by atoms with E-state index in [9.17, 15) is 4.79 Å². The van der Waals surface area contributed by atoms with Crippen molar-refractivity contribution in [1.29, 1.82) is 0 Å². The molecule has 84 valence electrons. The Balaban J connectivity index is 2.05. The molecule has 0 aromatic heterocycles. The first-order valence-corrected chi connectivity index (χ1v) is 6.23. The minimum Gasteiger partial charge on any atom is -0.336 e. The summed E-state index contributed by atoms with van der Waals surface area (Å²) in [5.41, 5.74) is 2.78. The number of carbonyl (C=O) groups excluding carboxylic acids is 1. The minimum absolute atomic E-state index is 0.348. The summed E-state index contributed by atoms with van der Waals surface area (Å²) < 4.78 is 0. The van der Waals surface area contributed by atoms with Gasteiger partial charge in [0.1, 0.15) is 0 Å². The summed E-state index contributed by atoms with van der Waals surface area (Å²) in [6.45, 7) is 0.956. The van der Waals surface area contributed by atoms with Crippen molar-refractivity contribution in [1.82, 2.24) is 4.90 Å². The van der Waals surface area contributed by atoms with Crippen LogP contribution in [0.4, 0.5) is 0 Å². The number of piperidine rings is 1. The van der Waals surface area contributed by atoms with E-state index < -0.39 is 0 Å². The van der Waals surface area contributed by atoms with Crippen molar-refractivity contribution in [3.63, 3.8) is 0 Å². The maximum atomic E-state index is 12.0. The molecule has 0 bridgehead atoms. The van der Waals surface area contributed by atoms with Gasteiger partial charge in [-0.3, -0.25) is 4.79 Å². The number of hydrogen-bond acceptors (Lipinski definition) is 1. The topological polar surface area (TPSA) is 20.3 Å². The molecule has 2 nitrogen and oxygen atoms in total. The summed E-state index contributed by atoms with van der Waals surface area (Å²) in [5, 5.41) is 0. The first-order chi connectivity index (χ1) is 7.86. The fourth-order valence-corrected chi connectivity index (χ4v) is 3.03. The molecule has 2 heteroatoms. The summed E-state index contributed by atoms with van der Waals surface area (Å²) in [7, 11) is 0. The lowest BCUT2D eigenvalue weighted by Crippen LogP contribution is -2.37. The third-order valence-electron chi connectivity index (χ3n) is 3.85. The van der Waals surface area contributed by atoms with Gasteiger partial charge in [-0.15, -0.1) is 0 Å². The van der Waals surface area contributed by atoms with Crippen molar-refractivity contribution in [3.8, 4) is 0 Å². The highest BCUT2D eigenvalue weighted by Crippen LogP contribution is 2.35. The van der Waals surface area contributed by atoms with Gasteiger partial charge in [0, 0.05) is 13.0 Å². The maximum absolute atomic E-state index is 12.0. The first kappa shape index (κ1) is 9.88. The van der Waals surface area contributed by atoms with Gasteiger partial charge in [0.05, 0.1) is 6.04 Å². The quantitative estimate of drug-likeness (QED) is 0.651. The number of fused-ring (bicyclic) bond motifs is 3. The molecule has 1 atom stereocenters. The predicted molar refractivity (Wildman–Crippen MR) is 63.1 cm³/mol. The Labute approximate surface area is 96.3 Å². The fraction of sp³-hybridized carbons (Fsp3) is 0.500. The number of amides is 1. The molecule has 0 radical (unpaired) electrons. The zero-order chi connectivity index (χ0) is 11.0. The number of carbonyl (C=O) groups is 1. The standard InChI is InChI=1S/C14H17NO/c16-14-9-8-11-5-1-2-6-12(11)13-7-3-4-10-15(13)14/h1-2,5-6,13H,3-4,7-10H2. The van der Waals surface area contributed by atoms with Crippen LogP contribution in [0, 0.1) is 0 Å². The molecule has 3 rings (SSSR count). The average molecular weight is 215 g/mol. The number of benzene rings is 1. The van der Waals surface area contributed by atoms with Gasteiger partial charge >= 0.3 is 0 Å². The van der Waals surface area contributed by atoms with E-state index >= 15 is 0 Å². The van der Waals surface area contributed by atoms with E-state index in [0.717, 1.165) is 19.4 Å². The lowest BCUT2D eigenvalue weighted by atomic mass is 9.92. The normalized spacial score (nSPS) is 24.6. The van der Waals surface area contributed by atoms with E-state index in [1.54, 1.807) is 0 Å². The molecule has 0 aliphatic carbocycles. The molecular formula is C14H17NO. The van der Waals surface area contributed by atoms with Gasteiger partial charge in [-0.2, -0.15) is 0 Å². The SMILES string of the molecule is O=C1CCc2ccccc2C2CCCCN12. The van der Waals surface area contributed by atoms with Crippen molar-refractivity contribution in [2.75, 3.05) is 6.54 Å². The van der Waals surface area contributed by atoms with Crippen LogP contribution in [0.1, 0.15) is 42.9 Å². The molecule has 1 aromatic rings. The number of nitrogens with zero attached hydrogens (tertiary/aromatic N) is 1. The number of aryl methyl sites for hydroxylation is 1. The van der Waals surface area contributed by atoms with Crippen molar-refractivity contribution in [2.24, 2.45) is 0 Å². The molecular weight excluding hydrogens is 198 g/mol. The molecule has 2 aliphatic heterocycles. The highest BCUT2D eigenvalue weighted by Gasteiger charge is 2.31. The lowest BCUT2D eigenvalue weighted by Gasteiger charge is -2.35. The third-order valence-corrected chi connectivity index (χ3v) is 3.85. The minimum atomic E-state index is 0.348. The fourth-order valence-electron chi connectivity index (χ4n) is 3.03. The van der Waals surface area contributed by atoms with Crippen LogP contribution in [-0.4, -0.2) is 17.4 Å². The monoisotopic (exact) mass is 215 g/mol. The molecule has 16 heavy (non-hydrogen) atoms. The second kappa shape index (κ2) is 3.93. The van der Waals surface area contributed by atoms with Crippen LogP contribution >= 0.6 is 0 Å². The van der Waals surface area contributed by atoms with E-state index in [2.05, 4.69) is 29.2 Å². The largest absolute Gasteiger partial charge is 0.336 e. The molecule has 2 heterocycles. The van der Waals surface area contributed by atoms with Crippen molar-refractivity contribution < 1.29 is 4.79 Å². The molecule has 1 amide bonds. The van der Waals surface area contributed by atoms with Gasteiger partial charge in [-0.1, -0.05) is 24.3 Å². The molecule has 0 saturated carbocycles. The van der Waals surface area contributed by atoms with Crippen LogP contribution < -0.4 is 0 Å². The van der Waals surface area contributed by atoms with E-state index in [1.807, 2.05) is 0 Å². The van der Waals surface area contributed by atoms with Crippen LogP contribution in [0.15, 0.2) is 24.3 Å². The molecule has 1 fully saturated rings. The number of hydrogen-bond donors (Lipinski definition) is 0. The second-order valence-electron chi connectivity index (χ2n) is 4.80. The van der Waals surface area contributed by atoms with E-state index in [1.165, 1.54) is 24.0 Å². The first-order valence-electron chi connectivity index (χ1n) is 6.23. The van der Waals surface area contributed by atoms with Gasteiger partial charge in [0.25, 0.3) is 0 Å². The zero-order valence-corrected chi connectivity index (χ0v) is 9.48. The summed E-state index contributed by atoms with van der Waals surface area (Å²) >= 11 is 0. The van der Waals surface area contributed by atoms with E-state index in [-0.39, 0.29) is 0 Å². The van der Waals surface area contributed by atoms with Gasteiger partial charge in [-0.05, 0) is 36.8 Å². The Morgan fingerprint density at radius 3 is 2.94 bits per heavy atom. The molecule has 1 unspecified atom stereocenters. The summed E-state index contributed by atoms with van der Waals surface area (Å²) in [4.78, 5) is 14.1. The highest BCUT2D eigenvalue weighted by atomic mass is 16.2. The van der Waals surface area contributed by atoms with Crippen molar-refractivity contribution >= 4 is 5.91 Å². The van der Waals surface area contributed by atoms with Crippen LogP contribution in [0.25, 0.3) is 0 Å². The molecule has 1 aromatic carbocycles. The van der Waals surface area contributed by atoms with Crippen LogP contribution in [0.2, 0.25) is 0 Å². The van der Waals surface area contributed by atoms with E-state index in [4.69, 9.17) is 0 Å². The Bertz CT molecular complexity index is 413.